The van der Waals surface area contributed by atoms with Crippen LogP contribution in [0.2, 0.25) is 0 Å². The van der Waals surface area contributed by atoms with Crippen LogP contribution in [-0.4, -0.2) is 20.0 Å². The molecule has 3 aromatic rings. The van der Waals surface area contributed by atoms with Crippen LogP contribution in [0.5, 0.6) is 0 Å². The van der Waals surface area contributed by atoms with Crippen LogP contribution in [0, 0.1) is 6.92 Å². The highest BCUT2D eigenvalue weighted by molar-refractivity contribution is 5.76. The fourth-order valence-corrected chi connectivity index (χ4v) is 1.90. The first-order valence-electron chi connectivity index (χ1n) is 5.25. The number of hydrogen-bond acceptors (Lipinski definition) is 2. The van der Waals surface area contributed by atoms with E-state index in [2.05, 4.69) is 27.4 Å². The minimum absolute atomic E-state index is 0.782. The molecule has 0 saturated carbocycles. The van der Waals surface area contributed by atoms with E-state index in [0.29, 0.717) is 0 Å². The van der Waals surface area contributed by atoms with Crippen molar-refractivity contribution in [3.63, 3.8) is 0 Å². The molecule has 0 saturated heterocycles. The van der Waals surface area contributed by atoms with Gasteiger partial charge in [0.1, 0.15) is 11.0 Å². The maximum absolute atomic E-state index is 4.49. The summed E-state index contributed by atoms with van der Waals surface area (Å²) in [6, 6.07) is 10.3. The van der Waals surface area contributed by atoms with Gasteiger partial charge >= 0.3 is 0 Å². The Balaban J connectivity index is 2.04. The van der Waals surface area contributed by atoms with E-state index in [1.807, 2.05) is 36.0 Å². The fraction of sp³-hybridized carbons (Fsp3) is 0.167. The summed E-state index contributed by atoms with van der Waals surface area (Å²) < 4.78 is 1.98. The lowest BCUT2D eigenvalue weighted by Crippen LogP contribution is -2.01. The van der Waals surface area contributed by atoms with Gasteiger partial charge in [-0.05, 0) is 12.5 Å². The van der Waals surface area contributed by atoms with E-state index in [1.54, 1.807) is 0 Å². The first-order chi connectivity index (χ1) is 7.84. The molecule has 0 spiro atoms. The van der Waals surface area contributed by atoms with Crippen LogP contribution in [0.1, 0.15) is 11.3 Å². The molecule has 0 aliphatic heterocycles. The Bertz CT molecular complexity index is 606. The van der Waals surface area contributed by atoms with Gasteiger partial charge in [-0.3, -0.25) is 9.78 Å². The predicted octanol–water partition coefficient (Wildman–Crippen LogP) is 2.12. The Morgan fingerprint density at radius 1 is 1.25 bits per heavy atom. The standard InChI is InChI=1S/C12H12N4/c1-9-12-11(7-13-14-12)16(15-9)8-10-5-3-2-4-6-10/h2-7H,8H2,1H3,(H,13,14). The molecule has 0 aliphatic rings. The molecule has 0 amide bonds. The van der Waals surface area contributed by atoms with Gasteiger partial charge in [0, 0.05) is 0 Å². The molecule has 1 N–H and O–H groups in total. The molecule has 4 nitrogen and oxygen atoms in total. The predicted molar refractivity (Wildman–Crippen MR) is 62.2 cm³/mol. The Kier molecular flexibility index (Phi) is 1.99. The number of nitrogens with one attached hydrogen (secondary N) is 1. The summed E-state index contributed by atoms with van der Waals surface area (Å²) in [6.45, 7) is 2.77. The number of fused-ring (bicyclic) bond motifs is 1. The highest BCUT2D eigenvalue weighted by Crippen LogP contribution is 2.15. The van der Waals surface area contributed by atoms with Crippen LogP contribution in [0.4, 0.5) is 0 Å². The van der Waals surface area contributed by atoms with E-state index in [-0.39, 0.29) is 0 Å². The smallest absolute Gasteiger partial charge is 0.107 e. The van der Waals surface area contributed by atoms with Crippen LogP contribution in [-0.2, 0) is 6.54 Å². The number of aryl methyl sites for hydroxylation is 1. The molecule has 0 atom stereocenters. The second-order valence-electron chi connectivity index (χ2n) is 3.86. The molecule has 0 bridgehead atoms. The van der Waals surface area contributed by atoms with Gasteiger partial charge in [0.25, 0.3) is 0 Å². The normalized spacial score (nSPS) is 11.1. The Morgan fingerprint density at radius 3 is 2.88 bits per heavy atom. The Hall–Kier alpha value is -2.10. The molecular formula is C12H12N4. The van der Waals surface area contributed by atoms with Crippen LogP contribution in [0.25, 0.3) is 11.0 Å². The molecule has 3 rings (SSSR count). The summed E-state index contributed by atoms with van der Waals surface area (Å²) in [5, 5.41) is 11.5. The largest absolute Gasteiger partial charge is 0.274 e. The van der Waals surface area contributed by atoms with E-state index in [9.17, 15) is 0 Å². The van der Waals surface area contributed by atoms with Gasteiger partial charge in [-0.2, -0.15) is 10.2 Å². The van der Waals surface area contributed by atoms with Crippen molar-refractivity contribution in [3.8, 4) is 0 Å². The van der Waals surface area contributed by atoms with Gasteiger partial charge < -0.3 is 0 Å². The summed E-state index contributed by atoms with van der Waals surface area (Å²) >= 11 is 0. The molecule has 80 valence electrons. The van der Waals surface area contributed by atoms with E-state index in [0.717, 1.165) is 23.3 Å². The second-order valence-corrected chi connectivity index (χ2v) is 3.86. The van der Waals surface area contributed by atoms with Gasteiger partial charge in [-0.25, -0.2) is 0 Å². The van der Waals surface area contributed by atoms with Gasteiger partial charge in [-0.15, -0.1) is 0 Å². The zero-order chi connectivity index (χ0) is 11.0. The zero-order valence-corrected chi connectivity index (χ0v) is 9.01. The summed E-state index contributed by atoms with van der Waals surface area (Å²) in [7, 11) is 0. The molecule has 2 heterocycles. The fourth-order valence-electron chi connectivity index (χ4n) is 1.90. The monoisotopic (exact) mass is 212 g/mol. The highest BCUT2D eigenvalue weighted by Gasteiger charge is 2.08. The van der Waals surface area contributed by atoms with Gasteiger partial charge in [-0.1, -0.05) is 30.3 Å². The van der Waals surface area contributed by atoms with Crippen molar-refractivity contribution in [1.29, 1.82) is 0 Å². The van der Waals surface area contributed by atoms with Crippen LogP contribution in [0.15, 0.2) is 36.5 Å². The quantitative estimate of drug-likeness (QED) is 0.707. The third-order valence-corrected chi connectivity index (χ3v) is 2.71. The van der Waals surface area contributed by atoms with E-state index < -0.39 is 0 Å². The molecular weight excluding hydrogens is 200 g/mol. The van der Waals surface area contributed by atoms with Gasteiger partial charge in [0.2, 0.25) is 0 Å². The topological polar surface area (TPSA) is 46.5 Å². The van der Waals surface area contributed by atoms with Crippen LogP contribution in [0.3, 0.4) is 0 Å². The summed E-state index contributed by atoms with van der Waals surface area (Å²) in [5.41, 5.74) is 4.31. The Labute approximate surface area is 92.9 Å². The zero-order valence-electron chi connectivity index (χ0n) is 9.01. The molecule has 0 aliphatic carbocycles. The van der Waals surface area contributed by atoms with Crippen LogP contribution < -0.4 is 0 Å². The maximum atomic E-state index is 4.49. The lowest BCUT2D eigenvalue weighted by atomic mass is 10.2. The Morgan fingerprint density at radius 2 is 2.06 bits per heavy atom. The van der Waals surface area contributed by atoms with Crippen molar-refractivity contribution in [1.82, 2.24) is 20.0 Å². The number of aromatic amines is 1. The number of H-pyrrole nitrogens is 1. The van der Waals surface area contributed by atoms with Crippen molar-refractivity contribution in [2.75, 3.05) is 0 Å². The lowest BCUT2D eigenvalue weighted by molar-refractivity contribution is 0.702. The summed E-state index contributed by atoms with van der Waals surface area (Å²) in [5.74, 6) is 0. The minimum atomic E-state index is 0.782. The van der Waals surface area contributed by atoms with Crippen molar-refractivity contribution in [2.24, 2.45) is 0 Å². The molecule has 16 heavy (non-hydrogen) atoms. The van der Waals surface area contributed by atoms with E-state index in [1.165, 1.54) is 5.56 Å². The molecule has 2 aromatic heterocycles. The second kappa shape index (κ2) is 3.48. The number of aromatic nitrogens is 4. The minimum Gasteiger partial charge on any atom is -0.274 e. The van der Waals surface area contributed by atoms with Gasteiger partial charge in [0.05, 0.1) is 18.4 Å². The molecule has 0 radical (unpaired) electrons. The van der Waals surface area contributed by atoms with Crippen molar-refractivity contribution < 1.29 is 0 Å². The molecule has 4 heteroatoms. The first kappa shape index (κ1) is 9.15. The van der Waals surface area contributed by atoms with E-state index in [4.69, 9.17) is 0 Å². The molecule has 0 fully saturated rings. The van der Waals surface area contributed by atoms with Crippen molar-refractivity contribution in [2.45, 2.75) is 13.5 Å². The van der Waals surface area contributed by atoms with E-state index >= 15 is 0 Å². The number of rotatable bonds is 2. The SMILES string of the molecule is Cc1nn(Cc2ccccc2)c2cn[nH]c12. The lowest BCUT2D eigenvalue weighted by Gasteiger charge is -2.01. The molecule has 0 unspecified atom stereocenters. The van der Waals surface area contributed by atoms with Crippen LogP contribution >= 0.6 is 0 Å². The highest BCUT2D eigenvalue weighted by atomic mass is 15.3. The third-order valence-electron chi connectivity index (χ3n) is 2.71. The number of nitrogens with zero attached hydrogens (tertiary/aromatic N) is 3. The average molecular weight is 212 g/mol. The summed E-state index contributed by atoms with van der Waals surface area (Å²) in [4.78, 5) is 0. The van der Waals surface area contributed by atoms with Crippen molar-refractivity contribution >= 4 is 11.0 Å². The number of hydrogen-bond donors (Lipinski definition) is 1. The molecule has 1 aromatic carbocycles. The average Bonchev–Trinajstić information content (AvgIpc) is 2.87. The number of benzene rings is 1. The van der Waals surface area contributed by atoms with Crippen molar-refractivity contribution in [3.05, 3.63) is 47.8 Å². The van der Waals surface area contributed by atoms with Gasteiger partial charge in [0.15, 0.2) is 0 Å². The third kappa shape index (κ3) is 1.39. The maximum Gasteiger partial charge on any atom is 0.107 e. The summed E-state index contributed by atoms with van der Waals surface area (Å²) in [6.07, 6.45) is 1.82. The first-order valence-corrected chi connectivity index (χ1v) is 5.25.